The highest BCUT2D eigenvalue weighted by atomic mass is 16.1. The van der Waals surface area contributed by atoms with Gasteiger partial charge in [-0.25, -0.2) is 5.10 Å². The van der Waals surface area contributed by atoms with Crippen LogP contribution < -0.4 is 11.3 Å². The monoisotopic (exact) mass is 305 g/mol. The maximum absolute atomic E-state index is 12.1. The van der Waals surface area contributed by atoms with Gasteiger partial charge in [-0.3, -0.25) is 4.79 Å². The number of nitrogens with two attached hydrogens (primary N) is 1. The third-order valence-corrected chi connectivity index (χ3v) is 3.95. The molecule has 23 heavy (non-hydrogen) atoms. The molecule has 1 aromatic heterocycles. The second-order valence-electron chi connectivity index (χ2n) is 5.79. The van der Waals surface area contributed by atoms with Gasteiger partial charge in [0.05, 0.1) is 11.7 Å². The average molecular weight is 305 g/mol. The Morgan fingerprint density at radius 1 is 0.957 bits per heavy atom. The molecule has 0 aliphatic carbocycles. The van der Waals surface area contributed by atoms with E-state index in [0.717, 1.165) is 16.7 Å². The van der Waals surface area contributed by atoms with E-state index in [1.807, 2.05) is 62.4 Å². The van der Waals surface area contributed by atoms with Crippen molar-refractivity contribution in [2.75, 3.05) is 0 Å². The van der Waals surface area contributed by atoms with Crippen LogP contribution in [0.5, 0.6) is 0 Å². The predicted molar refractivity (Wildman–Crippen MR) is 92.2 cm³/mol. The molecule has 0 saturated heterocycles. The van der Waals surface area contributed by atoms with Crippen LogP contribution in [0.1, 0.15) is 28.3 Å². The van der Waals surface area contributed by atoms with E-state index in [-0.39, 0.29) is 5.56 Å². The smallest absolute Gasteiger partial charge is 0.269 e. The summed E-state index contributed by atoms with van der Waals surface area (Å²) in [5.41, 5.74) is 11.4. The zero-order valence-electron chi connectivity index (χ0n) is 13.2. The van der Waals surface area contributed by atoms with Gasteiger partial charge in [0.15, 0.2) is 0 Å². The summed E-state index contributed by atoms with van der Waals surface area (Å²) >= 11 is 0. The molecule has 3 rings (SSSR count). The molecule has 0 amide bonds. The lowest BCUT2D eigenvalue weighted by Gasteiger charge is -2.13. The molecular weight excluding hydrogens is 286 g/mol. The predicted octanol–water partition coefficient (Wildman–Crippen LogP) is 3.10. The number of benzene rings is 2. The number of aryl methyl sites for hydroxylation is 2. The van der Waals surface area contributed by atoms with Crippen molar-refractivity contribution in [3.05, 3.63) is 87.2 Å². The van der Waals surface area contributed by atoms with Crippen LogP contribution in [-0.4, -0.2) is 10.2 Å². The van der Waals surface area contributed by atoms with Gasteiger partial charge in [0.1, 0.15) is 0 Å². The van der Waals surface area contributed by atoms with Crippen molar-refractivity contribution in [2.45, 2.75) is 19.9 Å². The number of H-pyrrole nitrogens is 1. The zero-order chi connectivity index (χ0) is 16.4. The quantitative estimate of drug-likeness (QED) is 0.781. The summed E-state index contributed by atoms with van der Waals surface area (Å²) in [5, 5.41) is 6.69. The highest BCUT2D eigenvalue weighted by molar-refractivity contribution is 5.59. The van der Waals surface area contributed by atoms with Gasteiger partial charge in [-0.1, -0.05) is 59.7 Å². The second-order valence-corrected chi connectivity index (χ2v) is 5.79. The number of nitrogens with zero attached hydrogens (tertiary/aromatic N) is 1. The van der Waals surface area contributed by atoms with E-state index >= 15 is 0 Å². The number of hydrogen-bond acceptors (Lipinski definition) is 3. The zero-order valence-corrected chi connectivity index (χ0v) is 13.2. The Kier molecular flexibility index (Phi) is 4.08. The first kappa shape index (κ1) is 15.2. The van der Waals surface area contributed by atoms with Crippen LogP contribution in [0.2, 0.25) is 0 Å². The summed E-state index contributed by atoms with van der Waals surface area (Å²) in [4.78, 5) is 12.1. The molecule has 3 N–H and O–H groups in total. The minimum Gasteiger partial charge on any atom is -0.320 e. The SMILES string of the molecule is Cc1ccc(-c2cc(C(N)c3ccc(C)cc3)c(=O)[nH]n2)cc1. The molecule has 0 bridgehead atoms. The second kappa shape index (κ2) is 6.18. The van der Waals surface area contributed by atoms with Gasteiger partial charge in [0.2, 0.25) is 0 Å². The summed E-state index contributed by atoms with van der Waals surface area (Å²) in [7, 11) is 0. The van der Waals surface area contributed by atoms with Crippen molar-refractivity contribution >= 4 is 0 Å². The van der Waals surface area contributed by atoms with Crippen molar-refractivity contribution in [2.24, 2.45) is 5.73 Å². The first-order valence-electron chi connectivity index (χ1n) is 7.53. The minimum atomic E-state index is -0.480. The van der Waals surface area contributed by atoms with Crippen LogP contribution in [0.3, 0.4) is 0 Å². The van der Waals surface area contributed by atoms with Gasteiger partial charge in [-0.05, 0) is 25.5 Å². The van der Waals surface area contributed by atoms with E-state index in [1.165, 1.54) is 5.56 Å². The van der Waals surface area contributed by atoms with Crippen LogP contribution >= 0.6 is 0 Å². The Morgan fingerprint density at radius 3 is 2.13 bits per heavy atom. The highest BCUT2D eigenvalue weighted by Gasteiger charge is 2.14. The van der Waals surface area contributed by atoms with Crippen molar-refractivity contribution < 1.29 is 0 Å². The Balaban J connectivity index is 2.02. The molecule has 0 saturated carbocycles. The molecule has 116 valence electrons. The van der Waals surface area contributed by atoms with Gasteiger partial charge in [-0.15, -0.1) is 0 Å². The molecule has 1 heterocycles. The normalized spacial score (nSPS) is 12.1. The first-order chi connectivity index (χ1) is 11.0. The van der Waals surface area contributed by atoms with E-state index in [9.17, 15) is 4.79 Å². The van der Waals surface area contributed by atoms with E-state index in [0.29, 0.717) is 11.3 Å². The third kappa shape index (κ3) is 3.22. The standard InChI is InChI=1S/C19H19N3O/c1-12-3-7-14(8-4-12)17-11-16(19(23)22-21-17)18(20)15-9-5-13(2)6-10-15/h3-11,18H,20H2,1-2H3,(H,22,23). The molecule has 1 atom stereocenters. The van der Waals surface area contributed by atoms with Gasteiger partial charge in [0.25, 0.3) is 5.56 Å². The molecule has 0 aliphatic rings. The molecule has 4 heteroatoms. The minimum absolute atomic E-state index is 0.256. The Morgan fingerprint density at radius 2 is 1.52 bits per heavy atom. The first-order valence-corrected chi connectivity index (χ1v) is 7.53. The molecule has 2 aromatic carbocycles. The van der Waals surface area contributed by atoms with Crippen LogP contribution in [0.25, 0.3) is 11.3 Å². The van der Waals surface area contributed by atoms with Crippen LogP contribution in [-0.2, 0) is 0 Å². The number of nitrogens with one attached hydrogen (secondary N) is 1. The van der Waals surface area contributed by atoms with Crippen LogP contribution in [0, 0.1) is 13.8 Å². The van der Waals surface area contributed by atoms with Crippen LogP contribution in [0.4, 0.5) is 0 Å². The molecular formula is C19H19N3O. The van der Waals surface area contributed by atoms with Crippen LogP contribution in [0.15, 0.2) is 59.4 Å². The molecule has 3 aromatic rings. The van der Waals surface area contributed by atoms with E-state index in [1.54, 1.807) is 6.07 Å². The van der Waals surface area contributed by atoms with Crippen molar-refractivity contribution in [3.8, 4) is 11.3 Å². The van der Waals surface area contributed by atoms with Gasteiger partial charge < -0.3 is 5.73 Å². The van der Waals surface area contributed by atoms with E-state index in [2.05, 4.69) is 10.2 Å². The Labute approximate surface area is 135 Å². The third-order valence-electron chi connectivity index (χ3n) is 3.95. The summed E-state index contributed by atoms with van der Waals surface area (Å²) in [6, 6.07) is 17.2. The Hall–Kier alpha value is -2.72. The topological polar surface area (TPSA) is 71.8 Å². The van der Waals surface area contributed by atoms with Gasteiger partial charge in [-0.2, -0.15) is 5.10 Å². The van der Waals surface area contributed by atoms with Crippen molar-refractivity contribution in [3.63, 3.8) is 0 Å². The Bertz CT molecular complexity index is 864. The lowest BCUT2D eigenvalue weighted by molar-refractivity contribution is 0.827. The lowest BCUT2D eigenvalue weighted by Crippen LogP contribution is -2.23. The summed E-state index contributed by atoms with van der Waals surface area (Å²) < 4.78 is 0. The lowest BCUT2D eigenvalue weighted by atomic mass is 9.98. The molecule has 0 fully saturated rings. The van der Waals surface area contributed by atoms with E-state index < -0.39 is 6.04 Å². The molecule has 4 nitrogen and oxygen atoms in total. The maximum atomic E-state index is 12.1. The summed E-state index contributed by atoms with van der Waals surface area (Å²) in [5.74, 6) is 0. The van der Waals surface area contributed by atoms with Gasteiger partial charge >= 0.3 is 0 Å². The molecule has 1 unspecified atom stereocenters. The fraction of sp³-hybridized carbons (Fsp3) is 0.158. The van der Waals surface area contributed by atoms with Gasteiger partial charge in [0, 0.05) is 11.1 Å². The summed E-state index contributed by atoms with van der Waals surface area (Å²) in [6.07, 6.45) is 0. The number of aromatic amines is 1. The number of rotatable bonds is 3. The molecule has 0 spiro atoms. The summed E-state index contributed by atoms with van der Waals surface area (Å²) in [6.45, 7) is 4.05. The molecule has 0 radical (unpaired) electrons. The maximum Gasteiger partial charge on any atom is 0.269 e. The van der Waals surface area contributed by atoms with E-state index in [4.69, 9.17) is 5.73 Å². The number of aromatic nitrogens is 2. The average Bonchev–Trinajstić information content (AvgIpc) is 2.56. The highest BCUT2D eigenvalue weighted by Crippen LogP contribution is 2.22. The van der Waals surface area contributed by atoms with Crippen molar-refractivity contribution in [1.29, 1.82) is 0 Å². The van der Waals surface area contributed by atoms with Crippen molar-refractivity contribution in [1.82, 2.24) is 10.2 Å². The number of hydrogen-bond donors (Lipinski definition) is 2. The fourth-order valence-electron chi connectivity index (χ4n) is 2.48. The molecule has 0 aliphatic heterocycles. The fourth-order valence-corrected chi connectivity index (χ4v) is 2.48. The largest absolute Gasteiger partial charge is 0.320 e.